The largest absolute Gasteiger partial charge is 0.389 e. The molecule has 84 valence electrons. The van der Waals surface area contributed by atoms with Crippen LogP contribution in [0.2, 0.25) is 0 Å². The minimum Gasteiger partial charge on any atom is -0.389 e. The van der Waals surface area contributed by atoms with Gasteiger partial charge in [0, 0.05) is 19.6 Å². The SMILES string of the molecule is CC(O)(CN)CCOC1CCCCC1. The number of hydrogen-bond donors (Lipinski definition) is 2. The van der Waals surface area contributed by atoms with Crippen molar-refractivity contribution < 1.29 is 9.84 Å². The van der Waals surface area contributed by atoms with E-state index in [1.54, 1.807) is 6.92 Å². The van der Waals surface area contributed by atoms with Crippen molar-refractivity contribution in [2.45, 2.75) is 57.2 Å². The summed E-state index contributed by atoms with van der Waals surface area (Å²) in [5, 5.41) is 9.65. The minimum atomic E-state index is -0.755. The zero-order chi connectivity index (χ0) is 10.4. The van der Waals surface area contributed by atoms with Crippen molar-refractivity contribution in [3.63, 3.8) is 0 Å². The smallest absolute Gasteiger partial charge is 0.0763 e. The molecule has 14 heavy (non-hydrogen) atoms. The predicted molar refractivity (Wildman–Crippen MR) is 57.1 cm³/mol. The van der Waals surface area contributed by atoms with Gasteiger partial charge in [-0.15, -0.1) is 0 Å². The highest BCUT2D eigenvalue weighted by molar-refractivity contribution is 4.73. The van der Waals surface area contributed by atoms with Crippen molar-refractivity contribution in [2.75, 3.05) is 13.2 Å². The highest BCUT2D eigenvalue weighted by atomic mass is 16.5. The molecule has 0 saturated heterocycles. The van der Waals surface area contributed by atoms with Crippen LogP contribution in [0.3, 0.4) is 0 Å². The number of ether oxygens (including phenoxy) is 1. The van der Waals surface area contributed by atoms with Crippen molar-refractivity contribution >= 4 is 0 Å². The van der Waals surface area contributed by atoms with E-state index in [0.717, 1.165) is 0 Å². The van der Waals surface area contributed by atoms with Crippen LogP contribution in [0.5, 0.6) is 0 Å². The molecule has 1 aliphatic carbocycles. The highest BCUT2D eigenvalue weighted by Gasteiger charge is 2.19. The molecule has 1 atom stereocenters. The van der Waals surface area contributed by atoms with E-state index in [1.165, 1.54) is 32.1 Å². The van der Waals surface area contributed by atoms with Crippen LogP contribution in [0.1, 0.15) is 45.4 Å². The molecule has 1 unspecified atom stereocenters. The van der Waals surface area contributed by atoms with E-state index in [-0.39, 0.29) is 0 Å². The van der Waals surface area contributed by atoms with Crippen LogP contribution in [0.4, 0.5) is 0 Å². The van der Waals surface area contributed by atoms with Gasteiger partial charge in [0.25, 0.3) is 0 Å². The maximum atomic E-state index is 9.65. The zero-order valence-electron chi connectivity index (χ0n) is 9.17. The van der Waals surface area contributed by atoms with Crippen molar-refractivity contribution in [1.82, 2.24) is 0 Å². The van der Waals surface area contributed by atoms with Crippen LogP contribution in [0, 0.1) is 0 Å². The molecular formula is C11H23NO2. The Kier molecular flexibility index (Phi) is 4.85. The van der Waals surface area contributed by atoms with Crippen molar-refractivity contribution in [1.29, 1.82) is 0 Å². The van der Waals surface area contributed by atoms with Gasteiger partial charge in [-0.1, -0.05) is 19.3 Å². The van der Waals surface area contributed by atoms with Gasteiger partial charge in [0.15, 0.2) is 0 Å². The van der Waals surface area contributed by atoms with Crippen LogP contribution < -0.4 is 5.73 Å². The first-order chi connectivity index (χ1) is 6.64. The van der Waals surface area contributed by atoms with Crippen LogP contribution in [-0.2, 0) is 4.74 Å². The topological polar surface area (TPSA) is 55.5 Å². The molecular weight excluding hydrogens is 178 g/mol. The van der Waals surface area contributed by atoms with Gasteiger partial charge in [0.2, 0.25) is 0 Å². The van der Waals surface area contributed by atoms with Gasteiger partial charge in [-0.2, -0.15) is 0 Å². The fourth-order valence-corrected chi connectivity index (χ4v) is 1.78. The third-order valence-electron chi connectivity index (χ3n) is 2.99. The molecule has 0 heterocycles. The Hall–Kier alpha value is -0.120. The maximum absolute atomic E-state index is 9.65. The van der Waals surface area contributed by atoms with Gasteiger partial charge >= 0.3 is 0 Å². The lowest BCUT2D eigenvalue weighted by atomic mass is 9.97. The summed E-state index contributed by atoms with van der Waals surface area (Å²) in [5.41, 5.74) is 4.66. The lowest BCUT2D eigenvalue weighted by molar-refractivity contribution is -0.0173. The lowest BCUT2D eigenvalue weighted by Gasteiger charge is -2.25. The van der Waals surface area contributed by atoms with E-state index in [2.05, 4.69) is 0 Å². The molecule has 1 saturated carbocycles. The maximum Gasteiger partial charge on any atom is 0.0763 e. The molecule has 0 aromatic rings. The second-order valence-electron chi connectivity index (χ2n) is 4.58. The van der Waals surface area contributed by atoms with E-state index in [4.69, 9.17) is 10.5 Å². The third kappa shape index (κ3) is 4.40. The minimum absolute atomic E-state index is 0.307. The first-order valence-electron chi connectivity index (χ1n) is 5.68. The van der Waals surface area contributed by atoms with E-state index in [9.17, 15) is 5.11 Å². The second kappa shape index (κ2) is 5.69. The summed E-state index contributed by atoms with van der Waals surface area (Å²) in [6.07, 6.45) is 7.36. The van der Waals surface area contributed by atoms with Gasteiger partial charge < -0.3 is 15.6 Å². The van der Waals surface area contributed by atoms with Crippen LogP contribution in [-0.4, -0.2) is 30.0 Å². The Morgan fingerprint density at radius 1 is 1.36 bits per heavy atom. The average Bonchev–Trinajstić information content (AvgIpc) is 2.19. The van der Waals surface area contributed by atoms with Crippen molar-refractivity contribution in [3.8, 4) is 0 Å². The molecule has 3 nitrogen and oxygen atoms in total. The first-order valence-corrected chi connectivity index (χ1v) is 5.68. The lowest BCUT2D eigenvalue weighted by Crippen LogP contribution is -2.35. The summed E-state index contributed by atoms with van der Waals surface area (Å²) >= 11 is 0. The van der Waals surface area contributed by atoms with E-state index in [0.29, 0.717) is 25.7 Å². The number of rotatable bonds is 5. The normalized spacial score (nSPS) is 23.4. The standard InChI is InChI=1S/C11H23NO2/c1-11(13,9-12)7-8-14-10-5-3-2-4-6-10/h10,13H,2-9,12H2,1H3. The van der Waals surface area contributed by atoms with Crippen molar-refractivity contribution in [3.05, 3.63) is 0 Å². The van der Waals surface area contributed by atoms with Crippen LogP contribution in [0.25, 0.3) is 0 Å². The molecule has 0 aromatic carbocycles. The Labute approximate surface area is 86.6 Å². The molecule has 0 aromatic heterocycles. The summed E-state index contributed by atoms with van der Waals surface area (Å²) in [6, 6.07) is 0. The number of nitrogens with two attached hydrogens (primary N) is 1. The summed E-state index contributed by atoms with van der Waals surface area (Å²) in [5.74, 6) is 0. The predicted octanol–water partition coefficient (Wildman–Crippen LogP) is 1.44. The molecule has 3 N–H and O–H groups in total. The number of hydrogen-bond acceptors (Lipinski definition) is 3. The Bertz CT molecular complexity index is 153. The van der Waals surface area contributed by atoms with E-state index in [1.807, 2.05) is 0 Å². The fourth-order valence-electron chi connectivity index (χ4n) is 1.78. The van der Waals surface area contributed by atoms with Gasteiger partial charge in [-0.25, -0.2) is 0 Å². The van der Waals surface area contributed by atoms with Gasteiger partial charge in [-0.3, -0.25) is 0 Å². The van der Waals surface area contributed by atoms with E-state index >= 15 is 0 Å². The van der Waals surface area contributed by atoms with Gasteiger partial charge in [0.05, 0.1) is 11.7 Å². The molecule has 0 bridgehead atoms. The number of aliphatic hydroxyl groups is 1. The molecule has 3 heteroatoms. The summed E-state index contributed by atoms with van der Waals surface area (Å²) < 4.78 is 5.71. The van der Waals surface area contributed by atoms with Gasteiger partial charge in [-0.05, 0) is 19.8 Å². The first kappa shape index (κ1) is 12.0. The molecule has 1 fully saturated rings. The molecule has 1 aliphatic rings. The van der Waals surface area contributed by atoms with Gasteiger partial charge in [0.1, 0.15) is 0 Å². The molecule has 0 radical (unpaired) electrons. The van der Waals surface area contributed by atoms with Crippen molar-refractivity contribution in [2.24, 2.45) is 5.73 Å². The summed E-state index contributed by atoms with van der Waals surface area (Å²) in [4.78, 5) is 0. The zero-order valence-corrected chi connectivity index (χ0v) is 9.17. The quantitative estimate of drug-likeness (QED) is 0.707. The fraction of sp³-hybridized carbons (Fsp3) is 1.00. The Morgan fingerprint density at radius 3 is 2.57 bits per heavy atom. The Morgan fingerprint density at radius 2 is 2.00 bits per heavy atom. The highest BCUT2D eigenvalue weighted by Crippen LogP contribution is 2.21. The third-order valence-corrected chi connectivity index (χ3v) is 2.99. The Balaban J connectivity index is 2.08. The van der Waals surface area contributed by atoms with Crippen LogP contribution >= 0.6 is 0 Å². The average molecular weight is 201 g/mol. The van der Waals surface area contributed by atoms with Crippen LogP contribution in [0.15, 0.2) is 0 Å². The second-order valence-corrected chi connectivity index (χ2v) is 4.58. The van der Waals surface area contributed by atoms with E-state index < -0.39 is 5.60 Å². The molecule has 0 spiro atoms. The molecule has 1 rings (SSSR count). The molecule has 0 aliphatic heterocycles. The monoisotopic (exact) mass is 201 g/mol. The summed E-state index contributed by atoms with van der Waals surface area (Å²) in [7, 11) is 0. The molecule has 0 amide bonds. The summed E-state index contributed by atoms with van der Waals surface area (Å²) in [6.45, 7) is 2.70.